The van der Waals surface area contributed by atoms with Crippen LogP contribution in [0.2, 0.25) is 13.1 Å². The van der Waals surface area contributed by atoms with Gasteiger partial charge in [0.2, 0.25) is 0 Å². The Morgan fingerprint density at radius 3 is 1.17 bits per heavy atom. The second kappa shape index (κ2) is 15.9. The van der Waals surface area contributed by atoms with Crippen LogP contribution in [0.25, 0.3) is 101 Å². The summed E-state index contributed by atoms with van der Waals surface area (Å²) in [4.78, 5) is 20.8. The lowest BCUT2D eigenvalue weighted by molar-refractivity contribution is 1.18. The molecule has 2 aromatic heterocycles. The van der Waals surface area contributed by atoms with Crippen molar-refractivity contribution in [3.8, 4) is 101 Å². The second-order valence-electron chi connectivity index (χ2n) is 16.7. The minimum atomic E-state index is -2.10. The summed E-state index contributed by atoms with van der Waals surface area (Å²) >= 11 is 0. The van der Waals surface area contributed by atoms with Crippen LogP contribution in [0.5, 0.6) is 0 Å². The van der Waals surface area contributed by atoms with E-state index in [0.29, 0.717) is 5.82 Å². The molecule has 5 heteroatoms. The van der Waals surface area contributed by atoms with Crippen LogP contribution in [-0.2, 0) is 0 Å². The fourth-order valence-electron chi connectivity index (χ4n) is 9.07. The molecule has 0 unspecified atom stereocenters. The van der Waals surface area contributed by atoms with Gasteiger partial charge in [0.1, 0.15) is 8.07 Å². The van der Waals surface area contributed by atoms with Crippen LogP contribution in [0.15, 0.2) is 218 Å². The minimum absolute atomic E-state index is 0.696. The van der Waals surface area contributed by atoms with E-state index in [-0.39, 0.29) is 0 Å². The lowest BCUT2D eigenvalue weighted by atomic mass is 9.95. The van der Waals surface area contributed by atoms with Gasteiger partial charge in [0.05, 0.1) is 22.8 Å². The average Bonchev–Trinajstić information content (AvgIpc) is 3.60. The van der Waals surface area contributed by atoms with E-state index in [9.17, 15) is 0 Å². The summed E-state index contributed by atoms with van der Waals surface area (Å²) in [5.41, 5.74) is 17.2. The molecule has 10 aromatic rings. The van der Waals surface area contributed by atoms with Gasteiger partial charge in [0, 0.05) is 27.8 Å². The summed E-state index contributed by atoms with van der Waals surface area (Å²) in [5.74, 6) is 1.45. The third kappa shape index (κ3) is 7.18. The van der Waals surface area contributed by atoms with Gasteiger partial charge in [-0.05, 0) is 79.6 Å². The van der Waals surface area contributed by atoms with Gasteiger partial charge < -0.3 is 0 Å². The van der Waals surface area contributed by atoms with E-state index in [4.69, 9.17) is 19.9 Å². The molecule has 0 radical (unpaired) electrons. The maximum Gasteiger partial charge on any atom is 0.160 e. The van der Waals surface area contributed by atoms with Crippen molar-refractivity contribution in [3.05, 3.63) is 218 Å². The maximum absolute atomic E-state index is 5.38. The third-order valence-corrected chi connectivity index (χ3v) is 15.8. The van der Waals surface area contributed by atoms with Crippen LogP contribution in [-0.4, -0.2) is 28.0 Å². The Morgan fingerprint density at radius 2 is 0.651 bits per heavy atom. The minimum Gasteiger partial charge on any atom is -0.228 e. The topological polar surface area (TPSA) is 51.6 Å². The van der Waals surface area contributed by atoms with Crippen molar-refractivity contribution in [2.75, 3.05) is 0 Å². The molecule has 0 aliphatic carbocycles. The first-order chi connectivity index (χ1) is 31.0. The van der Waals surface area contributed by atoms with Crippen molar-refractivity contribution in [2.24, 2.45) is 0 Å². The van der Waals surface area contributed by atoms with E-state index in [2.05, 4.69) is 189 Å². The van der Waals surface area contributed by atoms with Crippen molar-refractivity contribution >= 4 is 18.4 Å². The summed E-state index contributed by atoms with van der Waals surface area (Å²) in [7, 11) is -2.10. The van der Waals surface area contributed by atoms with Gasteiger partial charge >= 0.3 is 0 Å². The zero-order valence-corrected chi connectivity index (χ0v) is 36.1. The molecule has 3 heterocycles. The number of hydrogen-bond donors (Lipinski definition) is 0. The van der Waals surface area contributed by atoms with Gasteiger partial charge in [0.25, 0.3) is 0 Å². The molecule has 0 saturated carbocycles. The van der Waals surface area contributed by atoms with Gasteiger partial charge in [-0.25, -0.2) is 19.9 Å². The zero-order valence-electron chi connectivity index (χ0n) is 35.1. The van der Waals surface area contributed by atoms with Crippen LogP contribution >= 0.6 is 0 Å². The van der Waals surface area contributed by atoms with Gasteiger partial charge in [-0.3, -0.25) is 0 Å². The van der Waals surface area contributed by atoms with Crippen molar-refractivity contribution < 1.29 is 0 Å². The van der Waals surface area contributed by atoms with E-state index >= 15 is 0 Å². The SMILES string of the molecule is C[Si]1(C)c2ccccc2-c2nc(-c3ccccc3)nc(-c3cccc(-c4cccc(-c5cccc(-c6cccc(-c7nc(-c8ccccc8)cc(-c8ccccc8)n7)c6)c5)c4)c3)c21. The van der Waals surface area contributed by atoms with Crippen molar-refractivity contribution in [1.29, 1.82) is 0 Å². The normalized spacial score (nSPS) is 12.4. The molecular weight excluding hydrogens is 781 g/mol. The fraction of sp³-hybridized carbons (Fsp3) is 0.0345. The average molecular weight is 823 g/mol. The van der Waals surface area contributed by atoms with E-state index in [0.717, 1.165) is 89.8 Å². The summed E-state index contributed by atoms with van der Waals surface area (Å²) in [5, 5.41) is 2.73. The van der Waals surface area contributed by atoms with Crippen molar-refractivity contribution in [2.45, 2.75) is 13.1 Å². The molecule has 11 rings (SSSR count). The standard InChI is InChI=1S/C58H42N4Si/c1-63(2)53-33-13-12-32-50(53)55-56(63)54(61-57(62-55)41-22-10-5-11-23-41)48-30-16-28-46(36-48)44-26-14-24-42(34-44)43-25-15-27-45(35-43)47-29-17-31-49(37-47)58-59-51(39-18-6-3-7-19-39)38-52(60-58)40-20-8-4-9-21-40/h3-38H,1-2H3. The first-order valence-corrected chi connectivity index (χ1v) is 24.5. The summed E-state index contributed by atoms with van der Waals surface area (Å²) in [6.07, 6.45) is 0. The Morgan fingerprint density at radius 1 is 0.286 bits per heavy atom. The van der Waals surface area contributed by atoms with Gasteiger partial charge in [-0.15, -0.1) is 0 Å². The number of hydrogen-bond acceptors (Lipinski definition) is 4. The van der Waals surface area contributed by atoms with Gasteiger partial charge in [-0.1, -0.05) is 201 Å². The molecule has 0 saturated heterocycles. The lowest BCUT2D eigenvalue weighted by Crippen LogP contribution is -2.50. The van der Waals surface area contributed by atoms with Crippen LogP contribution in [0.4, 0.5) is 0 Å². The summed E-state index contributed by atoms with van der Waals surface area (Å²) in [6.45, 7) is 4.87. The molecule has 1 aliphatic heterocycles. The molecular formula is C58H42N4Si. The highest BCUT2D eigenvalue weighted by molar-refractivity contribution is 7.04. The second-order valence-corrected chi connectivity index (χ2v) is 21.0. The number of fused-ring (bicyclic) bond motifs is 3. The summed E-state index contributed by atoms with van der Waals surface area (Å²) < 4.78 is 0. The van der Waals surface area contributed by atoms with E-state index < -0.39 is 8.07 Å². The molecule has 0 N–H and O–H groups in total. The Balaban J connectivity index is 0.945. The largest absolute Gasteiger partial charge is 0.228 e. The smallest absolute Gasteiger partial charge is 0.160 e. The first kappa shape index (κ1) is 38.1. The van der Waals surface area contributed by atoms with Crippen LogP contribution in [0.3, 0.4) is 0 Å². The van der Waals surface area contributed by atoms with E-state index in [1.165, 1.54) is 15.9 Å². The maximum atomic E-state index is 5.38. The monoisotopic (exact) mass is 822 g/mol. The molecule has 4 nitrogen and oxygen atoms in total. The highest BCUT2D eigenvalue weighted by Gasteiger charge is 2.41. The fourth-order valence-corrected chi connectivity index (χ4v) is 12.3. The van der Waals surface area contributed by atoms with E-state index in [1.807, 2.05) is 42.5 Å². The van der Waals surface area contributed by atoms with Crippen molar-refractivity contribution in [3.63, 3.8) is 0 Å². The Kier molecular flexibility index (Phi) is 9.60. The van der Waals surface area contributed by atoms with Crippen molar-refractivity contribution in [1.82, 2.24) is 19.9 Å². The Bertz CT molecular complexity index is 3250. The number of benzene rings is 8. The third-order valence-electron chi connectivity index (χ3n) is 12.3. The Labute approximate surface area is 369 Å². The quantitative estimate of drug-likeness (QED) is 0.143. The van der Waals surface area contributed by atoms with Gasteiger partial charge in [-0.2, -0.15) is 0 Å². The molecule has 0 spiro atoms. The predicted molar refractivity (Wildman–Crippen MR) is 263 cm³/mol. The zero-order chi connectivity index (χ0) is 42.3. The van der Waals surface area contributed by atoms with Crippen LogP contribution in [0, 0.1) is 0 Å². The lowest BCUT2D eigenvalue weighted by Gasteiger charge is -2.22. The molecule has 1 aliphatic rings. The Hall–Kier alpha value is -7.86. The molecule has 0 atom stereocenters. The summed E-state index contributed by atoms with van der Waals surface area (Å²) in [6, 6.07) is 77.0. The van der Waals surface area contributed by atoms with Gasteiger partial charge in [0.15, 0.2) is 11.6 Å². The van der Waals surface area contributed by atoms with Crippen LogP contribution < -0.4 is 10.4 Å². The van der Waals surface area contributed by atoms with Crippen LogP contribution in [0.1, 0.15) is 0 Å². The molecule has 0 bridgehead atoms. The number of rotatable bonds is 8. The first-order valence-electron chi connectivity index (χ1n) is 21.5. The molecule has 8 aromatic carbocycles. The highest BCUT2D eigenvalue weighted by atomic mass is 28.3. The molecule has 63 heavy (non-hydrogen) atoms. The number of nitrogens with zero attached hydrogens (tertiary/aromatic N) is 4. The van der Waals surface area contributed by atoms with E-state index in [1.54, 1.807) is 0 Å². The molecule has 298 valence electrons. The molecule has 0 amide bonds. The predicted octanol–water partition coefficient (Wildman–Crippen LogP) is 13.4. The highest BCUT2D eigenvalue weighted by Crippen LogP contribution is 2.37. The molecule has 0 fully saturated rings. The number of aromatic nitrogens is 4.